The average Bonchev–Trinajstić information content (AvgIpc) is 2.40. The quantitative estimate of drug-likeness (QED) is 0.716. The number of carboxylic acid groups (broad SMARTS) is 1. The van der Waals surface area contributed by atoms with E-state index in [0.717, 1.165) is 0 Å². The van der Waals surface area contributed by atoms with Crippen LogP contribution >= 0.6 is 15.9 Å². The maximum atomic E-state index is 12.2. The van der Waals surface area contributed by atoms with Gasteiger partial charge in [0.15, 0.2) is 0 Å². The first-order valence-electron chi connectivity index (χ1n) is 5.64. The van der Waals surface area contributed by atoms with Crippen molar-refractivity contribution < 1.29 is 23.4 Å². The van der Waals surface area contributed by atoms with E-state index < -0.39 is 16.0 Å². The molecule has 0 atom stereocenters. The molecule has 2 rings (SSSR count). The largest absolute Gasteiger partial charge is 0.508 e. The Morgan fingerprint density at radius 3 is 2.24 bits per heavy atom. The van der Waals surface area contributed by atoms with Gasteiger partial charge < -0.3 is 10.2 Å². The molecule has 0 amide bonds. The van der Waals surface area contributed by atoms with Gasteiger partial charge in [-0.15, -0.1) is 0 Å². The topological polar surface area (TPSA) is 104 Å². The van der Waals surface area contributed by atoms with Crippen molar-refractivity contribution in [2.75, 3.05) is 4.72 Å². The van der Waals surface area contributed by atoms with Crippen LogP contribution in [-0.2, 0) is 10.0 Å². The average molecular weight is 372 g/mol. The van der Waals surface area contributed by atoms with Crippen molar-refractivity contribution in [3.63, 3.8) is 0 Å². The second-order valence-corrected chi connectivity index (χ2v) is 6.61. The lowest BCUT2D eigenvalue weighted by atomic mass is 10.2. The Morgan fingerprint density at radius 1 is 1.10 bits per heavy atom. The highest BCUT2D eigenvalue weighted by Crippen LogP contribution is 2.26. The molecule has 0 aliphatic heterocycles. The molecule has 8 heteroatoms. The SMILES string of the molecule is O=C(O)c1ccc(S(=O)(=O)Nc2ccc(O)cc2)c(Br)c1. The predicted molar refractivity (Wildman–Crippen MR) is 80.0 cm³/mol. The number of rotatable bonds is 4. The number of aromatic carboxylic acids is 1. The lowest BCUT2D eigenvalue weighted by Gasteiger charge is -2.10. The molecule has 0 radical (unpaired) electrons. The minimum absolute atomic E-state index is 0.0185. The van der Waals surface area contributed by atoms with E-state index in [9.17, 15) is 13.2 Å². The van der Waals surface area contributed by atoms with Crippen molar-refractivity contribution in [2.45, 2.75) is 4.90 Å². The van der Waals surface area contributed by atoms with Gasteiger partial charge in [0, 0.05) is 10.2 Å². The van der Waals surface area contributed by atoms with E-state index in [1.165, 1.54) is 42.5 Å². The molecule has 0 fully saturated rings. The molecule has 110 valence electrons. The van der Waals surface area contributed by atoms with Gasteiger partial charge in [-0.2, -0.15) is 0 Å². The molecule has 0 heterocycles. The maximum absolute atomic E-state index is 12.2. The maximum Gasteiger partial charge on any atom is 0.335 e. The van der Waals surface area contributed by atoms with Gasteiger partial charge in [-0.25, -0.2) is 13.2 Å². The van der Waals surface area contributed by atoms with Gasteiger partial charge in [-0.1, -0.05) is 0 Å². The molecular formula is C13H10BrNO5S. The summed E-state index contributed by atoms with van der Waals surface area (Å²) in [6.45, 7) is 0. The first kappa shape index (κ1) is 15.3. The monoisotopic (exact) mass is 371 g/mol. The number of phenols is 1. The number of phenolic OH excluding ortho intramolecular Hbond substituents is 1. The van der Waals surface area contributed by atoms with Gasteiger partial charge in [0.05, 0.1) is 5.56 Å². The van der Waals surface area contributed by atoms with Crippen molar-refractivity contribution >= 4 is 37.6 Å². The highest BCUT2D eigenvalue weighted by molar-refractivity contribution is 9.10. The van der Waals surface area contributed by atoms with E-state index in [-0.39, 0.29) is 26.4 Å². The number of sulfonamides is 1. The number of hydrogen-bond acceptors (Lipinski definition) is 4. The van der Waals surface area contributed by atoms with Crippen molar-refractivity contribution in [1.29, 1.82) is 0 Å². The van der Waals surface area contributed by atoms with Crippen LogP contribution in [0.15, 0.2) is 51.8 Å². The fourth-order valence-electron chi connectivity index (χ4n) is 1.59. The highest BCUT2D eigenvalue weighted by Gasteiger charge is 2.19. The summed E-state index contributed by atoms with van der Waals surface area (Å²) in [6, 6.07) is 9.14. The van der Waals surface area contributed by atoms with Crippen LogP contribution in [0.5, 0.6) is 5.75 Å². The molecule has 21 heavy (non-hydrogen) atoms. The molecule has 3 N–H and O–H groups in total. The molecule has 0 aliphatic rings. The summed E-state index contributed by atoms with van der Waals surface area (Å²) in [5.41, 5.74) is 0.257. The Hall–Kier alpha value is -2.06. The number of nitrogens with one attached hydrogen (secondary N) is 1. The third kappa shape index (κ3) is 3.53. The van der Waals surface area contributed by atoms with Crippen LogP contribution in [0.2, 0.25) is 0 Å². The van der Waals surface area contributed by atoms with E-state index in [0.29, 0.717) is 0 Å². The number of hydrogen-bond donors (Lipinski definition) is 3. The second kappa shape index (κ2) is 5.74. The Labute approximate surface area is 129 Å². The molecular weight excluding hydrogens is 362 g/mol. The van der Waals surface area contributed by atoms with Crippen LogP contribution in [0, 0.1) is 0 Å². The summed E-state index contributed by atoms with van der Waals surface area (Å²) < 4.78 is 27.0. The zero-order valence-corrected chi connectivity index (χ0v) is 12.8. The van der Waals surface area contributed by atoms with E-state index in [4.69, 9.17) is 10.2 Å². The van der Waals surface area contributed by atoms with Gasteiger partial charge in [0.25, 0.3) is 10.0 Å². The zero-order valence-electron chi connectivity index (χ0n) is 10.4. The molecule has 0 bridgehead atoms. The highest BCUT2D eigenvalue weighted by atomic mass is 79.9. The van der Waals surface area contributed by atoms with Gasteiger partial charge >= 0.3 is 5.97 Å². The summed E-state index contributed by atoms with van der Waals surface area (Å²) in [6.07, 6.45) is 0. The van der Waals surface area contributed by atoms with Crippen LogP contribution in [0.25, 0.3) is 0 Å². The summed E-state index contributed by atoms with van der Waals surface area (Å²) in [4.78, 5) is 10.7. The summed E-state index contributed by atoms with van der Waals surface area (Å²) in [7, 11) is -3.87. The number of carbonyl (C=O) groups is 1. The third-order valence-corrected chi connectivity index (χ3v) is 4.95. The Kier molecular flexibility index (Phi) is 4.19. The number of halogens is 1. The Balaban J connectivity index is 2.35. The molecule has 0 spiro atoms. The van der Waals surface area contributed by atoms with Gasteiger partial charge in [0.1, 0.15) is 10.6 Å². The van der Waals surface area contributed by atoms with Gasteiger partial charge in [-0.05, 0) is 58.4 Å². The van der Waals surface area contributed by atoms with E-state index in [1.807, 2.05) is 0 Å². The predicted octanol–water partition coefficient (Wildman–Crippen LogP) is 2.65. The number of carboxylic acids is 1. The normalized spacial score (nSPS) is 11.1. The molecule has 0 aliphatic carbocycles. The minimum Gasteiger partial charge on any atom is -0.508 e. The molecule has 0 unspecified atom stereocenters. The third-order valence-electron chi connectivity index (χ3n) is 2.59. The molecule has 0 saturated carbocycles. The molecule has 0 saturated heterocycles. The van der Waals surface area contributed by atoms with Crippen molar-refractivity contribution in [3.8, 4) is 5.75 Å². The molecule has 2 aromatic carbocycles. The number of anilines is 1. The summed E-state index contributed by atoms with van der Waals surface area (Å²) in [5, 5.41) is 18.0. The van der Waals surface area contributed by atoms with E-state index >= 15 is 0 Å². The van der Waals surface area contributed by atoms with Crippen molar-refractivity contribution in [1.82, 2.24) is 0 Å². The van der Waals surface area contributed by atoms with Crippen LogP contribution in [0.3, 0.4) is 0 Å². The first-order chi connectivity index (χ1) is 9.79. The van der Waals surface area contributed by atoms with Crippen molar-refractivity contribution in [2.24, 2.45) is 0 Å². The fraction of sp³-hybridized carbons (Fsp3) is 0. The molecule has 6 nitrogen and oxygen atoms in total. The van der Waals surface area contributed by atoms with Gasteiger partial charge in [-0.3, -0.25) is 4.72 Å². The Bertz CT molecular complexity index is 787. The van der Waals surface area contributed by atoms with Crippen LogP contribution in [0.1, 0.15) is 10.4 Å². The summed E-state index contributed by atoms with van der Waals surface area (Å²) >= 11 is 3.05. The lowest BCUT2D eigenvalue weighted by molar-refractivity contribution is 0.0696. The minimum atomic E-state index is -3.87. The van der Waals surface area contributed by atoms with Crippen molar-refractivity contribution in [3.05, 3.63) is 52.5 Å². The fourth-order valence-corrected chi connectivity index (χ4v) is 3.73. The smallest absolute Gasteiger partial charge is 0.335 e. The first-order valence-corrected chi connectivity index (χ1v) is 7.92. The molecule has 0 aromatic heterocycles. The van der Waals surface area contributed by atoms with Crippen LogP contribution < -0.4 is 4.72 Å². The van der Waals surface area contributed by atoms with E-state index in [1.54, 1.807) is 0 Å². The summed E-state index contributed by atoms with van der Waals surface area (Å²) in [5.74, 6) is -1.13. The van der Waals surface area contributed by atoms with E-state index in [2.05, 4.69) is 20.7 Å². The van der Waals surface area contributed by atoms with Crippen LogP contribution in [-0.4, -0.2) is 24.6 Å². The second-order valence-electron chi connectivity index (χ2n) is 4.10. The zero-order chi connectivity index (χ0) is 15.6. The molecule has 2 aromatic rings. The lowest BCUT2D eigenvalue weighted by Crippen LogP contribution is -2.14. The standard InChI is InChI=1S/C13H10BrNO5S/c14-11-7-8(13(17)18)1-6-12(11)21(19,20)15-9-2-4-10(16)5-3-9/h1-7,15-16H,(H,17,18). The Morgan fingerprint density at radius 2 is 1.71 bits per heavy atom. The number of aromatic hydroxyl groups is 1. The van der Waals surface area contributed by atoms with Crippen LogP contribution in [0.4, 0.5) is 5.69 Å². The number of benzene rings is 2. The van der Waals surface area contributed by atoms with Gasteiger partial charge in [0.2, 0.25) is 0 Å².